The van der Waals surface area contributed by atoms with E-state index in [-0.39, 0.29) is 23.6 Å². The summed E-state index contributed by atoms with van der Waals surface area (Å²) in [6.07, 6.45) is 2.16. The SMILES string of the molecule is Cc1c(NC(=O)C2CCN(C(=O)c3cccs3)CC2)cccc1C(=O)N1CCc2sccc2C1. The van der Waals surface area contributed by atoms with E-state index in [9.17, 15) is 14.4 Å². The molecule has 0 spiro atoms. The van der Waals surface area contributed by atoms with E-state index in [0.29, 0.717) is 50.3 Å². The molecule has 0 unspecified atom stereocenters. The Hall–Kier alpha value is -2.97. The number of likely N-dealkylation sites (tertiary alicyclic amines) is 1. The number of thiophene rings is 2. The zero-order valence-electron chi connectivity index (χ0n) is 19.1. The van der Waals surface area contributed by atoms with Crippen LogP contribution in [0.5, 0.6) is 0 Å². The summed E-state index contributed by atoms with van der Waals surface area (Å²) in [4.78, 5) is 44.7. The molecule has 0 atom stereocenters. The molecule has 4 heterocycles. The molecule has 1 fully saturated rings. The van der Waals surface area contributed by atoms with Crippen molar-refractivity contribution in [3.63, 3.8) is 0 Å². The molecule has 176 valence electrons. The quantitative estimate of drug-likeness (QED) is 0.567. The number of nitrogens with zero attached hydrogens (tertiary/aromatic N) is 2. The van der Waals surface area contributed by atoms with Gasteiger partial charge in [-0.15, -0.1) is 22.7 Å². The highest BCUT2D eigenvalue weighted by molar-refractivity contribution is 7.12. The van der Waals surface area contributed by atoms with Gasteiger partial charge in [0.1, 0.15) is 0 Å². The molecule has 2 aromatic heterocycles. The summed E-state index contributed by atoms with van der Waals surface area (Å²) in [6, 6.07) is 11.3. The van der Waals surface area contributed by atoms with E-state index in [2.05, 4.69) is 16.8 Å². The number of nitrogens with one attached hydrogen (secondary N) is 1. The first kappa shape index (κ1) is 22.8. The van der Waals surface area contributed by atoms with Crippen LogP contribution < -0.4 is 5.32 Å². The average molecular weight is 494 g/mol. The summed E-state index contributed by atoms with van der Waals surface area (Å²) in [5, 5.41) is 7.04. The van der Waals surface area contributed by atoms with Gasteiger partial charge in [-0.05, 0) is 72.3 Å². The van der Waals surface area contributed by atoms with Crippen LogP contribution in [-0.4, -0.2) is 47.2 Å². The molecule has 1 aromatic carbocycles. The fraction of sp³-hybridized carbons (Fsp3) is 0.346. The number of carbonyl (C=O) groups is 3. The van der Waals surface area contributed by atoms with Crippen molar-refractivity contribution in [2.75, 3.05) is 25.0 Å². The lowest BCUT2D eigenvalue weighted by Gasteiger charge is -2.31. The van der Waals surface area contributed by atoms with Crippen molar-refractivity contribution >= 4 is 46.1 Å². The fourth-order valence-electron chi connectivity index (χ4n) is 4.73. The number of hydrogen-bond acceptors (Lipinski definition) is 5. The van der Waals surface area contributed by atoms with E-state index in [0.717, 1.165) is 16.9 Å². The van der Waals surface area contributed by atoms with Crippen LogP contribution in [0, 0.1) is 12.8 Å². The van der Waals surface area contributed by atoms with Gasteiger partial charge in [0.15, 0.2) is 0 Å². The molecule has 5 rings (SSSR count). The second-order valence-corrected chi connectivity index (χ2v) is 10.8. The lowest BCUT2D eigenvalue weighted by atomic mass is 9.95. The van der Waals surface area contributed by atoms with E-state index < -0.39 is 0 Å². The number of fused-ring (bicyclic) bond motifs is 1. The van der Waals surface area contributed by atoms with Crippen molar-refractivity contribution in [1.29, 1.82) is 0 Å². The number of carbonyl (C=O) groups excluding carboxylic acids is 3. The first-order chi connectivity index (χ1) is 16.5. The predicted octanol–water partition coefficient (Wildman–Crippen LogP) is 4.81. The molecular formula is C26H27N3O3S2. The summed E-state index contributed by atoms with van der Waals surface area (Å²) in [6.45, 7) is 4.39. The molecule has 1 saturated heterocycles. The summed E-state index contributed by atoms with van der Waals surface area (Å²) in [5.74, 6) is -0.142. The smallest absolute Gasteiger partial charge is 0.263 e. The molecule has 8 heteroatoms. The largest absolute Gasteiger partial charge is 0.338 e. The van der Waals surface area contributed by atoms with Crippen LogP contribution in [-0.2, 0) is 17.8 Å². The number of rotatable bonds is 4. The molecule has 2 aliphatic heterocycles. The zero-order chi connectivity index (χ0) is 23.7. The summed E-state index contributed by atoms with van der Waals surface area (Å²) < 4.78 is 0. The third-order valence-corrected chi connectivity index (χ3v) is 8.68. The third-order valence-electron chi connectivity index (χ3n) is 6.80. The van der Waals surface area contributed by atoms with Crippen molar-refractivity contribution in [1.82, 2.24) is 9.80 Å². The molecule has 0 radical (unpaired) electrons. The Morgan fingerprint density at radius 2 is 1.74 bits per heavy atom. The van der Waals surface area contributed by atoms with E-state index >= 15 is 0 Å². The van der Waals surface area contributed by atoms with Crippen LogP contribution in [0.25, 0.3) is 0 Å². The molecular weight excluding hydrogens is 466 g/mol. The van der Waals surface area contributed by atoms with Crippen molar-refractivity contribution in [2.24, 2.45) is 5.92 Å². The minimum absolute atomic E-state index is 0.00541. The summed E-state index contributed by atoms with van der Waals surface area (Å²) in [7, 11) is 0. The van der Waals surface area contributed by atoms with Gasteiger partial charge in [0.25, 0.3) is 11.8 Å². The van der Waals surface area contributed by atoms with Crippen LogP contribution >= 0.6 is 22.7 Å². The Morgan fingerprint density at radius 3 is 2.50 bits per heavy atom. The van der Waals surface area contributed by atoms with Gasteiger partial charge < -0.3 is 15.1 Å². The van der Waals surface area contributed by atoms with Gasteiger partial charge in [0.05, 0.1) is 4.88 Å². The Bertz CT molecular complexity index is 1210. The van der Waals surface area contributed by atoms with Crippen LogP contribution in [0.2, 0.25) is 0 Å². The lowest BCUT2D eigenvalue weighted by molar-refractivity contribution is -0.121. The Morgan fingerprint density at radius 1 is 0.912 bits per heavy atom. The van der Waals surface area contributed by atoms with Gasteiger partial charge in [-0.25, -0.2) is 0 Å². The highest BCUT2D eigenvalue weighted by Gasteiger charge is 2.29. The first-order valence-electron chi connectivity index (χ1n) is 11.6. The maximum atomic E-state index is 13.3. The summed E-state index contributed by atoms with van der Waals surface area (Å²) >= 11 is 3.20. The van der Waals surface area contributed by atoms with Gasteiger partial charge >= 0.3 is 0 Å². The van der Waals surface area contributed by atoms with Gasteiger partial charge in [0, 0.05) is 48.2 Å². The molecule has 1 N–H and O–H groups in total. The van der Waals surface area contributed by atoms with E-state index in [1.165, 1.54) is 21.8 Å². The molecule has 34 heavy (non-hydrogen) atoms. The number of hydrogen-bond donors (Lipinski definition) is 1. The molecule has 0 saturated carbocycles. The molecule has 2 aliphatic rings. The van der Waals surface area contributed by atoms with Crippen molar-refractivity contribution in [3.05, 3.63) is 73.6 Å². The molecule has 3 aromatic rings. The molecule has 3 amide bonds. The fourth-order valence-corrected chi connectivity index (χ4v) is 6.31. The van der Waals surface area contributed by atoms with Crippen molar-refractivity contribution in [2.45, 2.75) is 32.7 Å². The second kappa shape index (κ2) is 9.72. The number of anilines is 1. The predicted molar refractivity (Wildman–Crippen MR) is 136 cm³/mol. The monoisotopic (exact) mass is 493 g/mol. The topological polar surface area (TPSA) is 69.7 Å². The van der Waals surface area contributed by atoms with Crippen LogP contribution in [0.1, 0.15) is 48.9 Å². The van der Waals surface area contributed by atoms with Gasteiger partial charge in [-0.3, -0.25) is 14.4 Å². The number of amides is 3. The highest BCUT2D eigenvalue weighted by atomic mass is 32.1. The standard InChI is InChI=1S/C26H27N3O3S2/c1-17-20(25(31)29-13-9-22-19(16-29)10-15-34-22)4-2-5-21(17)27-24(30)18-7-11-28(12-8-18)26(32)23-6-3-14-33-23/h2-6,10,14-15,18H,7-9,11-13,16H2,1H3,(H,27,30). The maximum absolute atomic E-state index is 13.3. The molecule has 0 aliphatic carbocycles. The minimum atomic E-state index is -0.148. The Labute approximate surface area is 207 Å². The summed E-state index contributed by atoms with van der Waals surface area (Å²) in [5.41, 5.74) is 3.34. The Balaban J connectivity index is 1.21. The Kier molecular flexibility index (Phi) is 6.52. The maximum Gasteiger partial charge on any atom is 0.263 e. The average Bonchev–Trinajstić information content (AvgIpc) is 3.56. The van der Waals surface area contributed by atoms with Crippen molar-refractivity contribution in [3.8, 4) is 0 Å². The highest BCUT2D eigenvalue weighted by Crippen LogP contribution is 2.28. The van der Waals surface area contributed by atoms with E-state index in [1.54, 1.807) is 11.3 Å². The number of benzene rings is 1. The van der Waals surface area contributed by atoms with Gasteiger partial charge in [0.2, 0.25) is 5.91 Å². The van der Waals surface area contributed by atoms with Gasteiger partial charge in [-0.1, -0.05) is 12.1 Å². The van der Waals surface area contributed by atoms with E-state index in [4.69, 9.17) is 0 Å². The van der Waals surface area contributed by atoms with Crippen LogP contribution in [0.3, 0.4) is 0 Å². The van der Waals surface area contributed by atoms with Crippen molar-refractivity contribution < 1.29 is 14.4 Å². The normalized spacial score (nSPS) is 16.3. The lowest BCUT2D eigenvalue weighted by Crippen LogP contribution is -2.41. The zero-order valence-corrected chi connectivity index (χ0v) is 20.7. The van der Waals surface area contributed by atoms with Crippen LogP contribution in [0.15, 0.2) is 47.2 Å². The van der Waals surface area contributed by atoms with E-state index in [1.807, 2.05) is 52.4 Å². The first-order valence-corrected chi connectivity index (χ1v) is 13.3. The third kappa shape index (κ3) is 4.52. The molecule has 6 nitrogen and oxygen atoms in total. The molecule has 0 bridgehead atoms. The number of piperidine rings is 1. The van der Waals surface area contributed by atoms with Crippen LogP contribution in [0.4, 0.5) is 5.69 Å². The minimum Gasteiger partial charge on any atom is -0.338 e. The second-order valence-electron chi connectivity index (χ2n) is 8.86. The van der Waals surface area contributed by atoms with Gasteiger partial charge in [-0.2, -0.15) is 0 Å².